The van der Waals surface area contributed by atoms with E-state index in [0.717, 1.165) is 5.69 Å². The molecule has 1 heterocycles. The molecule has 0 amide bonds. The Balaban J connectivity index is 1.17. The minimum Gasteiger partial charge on any atom is -0.424 e. The molecule has 0 atom stereocenters. The number of anilines is 2. The molecule has 0 spiro atoms. The van der Waals surface area contributed by atoms with Crippen molar-refractivity contribution in [2.45, 2.75) is 102 Å². The number of benzene rings is 10. The molecule has 1 aliphatic heterocycles. The second kappa shape index (κ2) is 22.3. The van der Waals surface area contributed by atoms with Gasteiger partial charge in [-0.05, 0) is 109 Å². The smallest absolute Gasteiger partial charge is 0.286 e. The molecule has 0 aromatic heterocycles. The minimum atomic E-state index is -3.16. The summed E-state index contributed by atoms with van der Waals surface area (Å²) in [5.74, 6) is -0.218. The van der Waals surface area contributed by atoms with E-state index >= 15 is 0 Å². The van der Waals surface area contributed by atoms with Gasteiger partial charge in [0.05, 0.1) is 0 Å². The Morgan fingerprint density at radius 2 is 0.642 bits per heavy atom. The van der Waals surface area contributed by atoms with Crippen LogP contribution in [0.15, 0.2) is 267 Å². The van der Waals surface area contributed by atoms with E-state index in [1.165, 1.54) is 83.6 Å². The van der Waals surface area contributed by atoms with Gasteiger partial charge in [0.1, 0.15) is 5.54 Å². The average molecular weight is 1090 g/mol. The van der Waals surface area contributed by atoms with Gasteiger partial charge in [0.2, 0.25) is 0 Å². The summed E-state index contributed by atoms with van der Waals surface area (Å²) in [5.41, 5.74) is 19.2. The molecule has 0 bridgehead atoms. The molecular weight excluding hydrogens is 1010 g/mol. The molecule has 406 valence electrons. The van der Waals surface area contributed by atoms with Crippen molar-refractivity contribution >= 4 is 28.3 Å². The zero-order valence-corrected chi connectivity index (χ0v) is 51.0. The van der Waals surface area contributed by atoms with Crippen LogP contribution in [0.2, 0.25) is 26.2 Å². The molecule has 0 radical (unpaired) electrons. The van der Waals surface area contributed by atoms with Gasteiger partial charge in [0, 0.05) is 34.7 Å². The molecule has 0 unspecified atom stereocenters. The summed E-state index contributed by atoms with van der Waals surface area (Å²) in [7, 11) is -6.23. The molecule has 10 aromatic rings. The second-order valence-electron chi connectivity index (χ2n) is 25.2. The summed E-state index contributed by atoms with van der Waals surface area (Å²) in [6, 6.07) is 99.5. The van der Waals surface area contributed by atoms with Crippen LogP contribution in [0.4, 0.5) is 11.4 Å². The van der Waals surface area contributed by atoms with Crippen molar-refractivity contribution in [3.63, 3.8) is 0 Å². The predicted octanol–water partition coefficient (Wildman–Crippen LogP) is 19.5. The third kappa shape index (κ3) is 10.8. The van der Waals surface area contributed by atoms with Crippen molar-refractivity contribution in [2.75, 3.05) is 9.55 Å². The Labute approximate surface area is 485 Å². The van der Waals surface area contributed by atoms with E-state index in [9.17, 15) is 0 Å². The summed E-state index contributed by atoms with van der Waals surface area (Å²) in [6.45, 7) is 23.9. The summed E-state index contributed by atoms with van der Waals surface area (Å²) in [6.07, 6.45) is 0. The van der Waals surface area contributed by atoms with Crippen LogP contribution in [-0.4, -0.2) is 17.0 Å². The van der Waals surface area contributed by atoms with Crippen LogP contribution in [0.25, 0.3) is 0 Å². The molecule has 0 aliphatic carbocycles. The number of hydrogen-bond acceptors (Lipinski definition) is 3. The van der Waals surface area contributed by atoms with Crippen LogP contribution in [0.5, 0.6) is 0 Å². The lowest BCUT2D eigenvalue weighted by atomic mass is 9.66. The van der Waals surface area contributed by atoms with E-state index < -0.39 is 22.5 Å². The van der Waals surface area contributed by atoms with E-state index in [1.54, 1.807) is 0 Å². The van der Waals surface area contributed by atoms with Crippen LogP contribution in [0.3, 0.4) is 0 Å². The van der Waals surface area contributed by atoms with Crippen molar-refractivity contribution in [1.82, 2.24) is 0 Å². The van der Waals surface area contributed by atoms with Gasteiger partial charge in [0.15, 0.2) is 0 Å². The summed E-state index contributed by atoms with van der Waals surface area (Å²) < 4.78 is 11.2. The molecule has 1 aliphatic rings. The number of fused-ring (bicyclic) bond motifs is 1. The lowest BCUT2D eigenvalue weighted by molar-refractivity contribution is 0.481. The molecular formula is C76H78N2OSi2. The molecule has 5 heteroatoms. The van der Waals surface area contributed by atoms with Crippen LogP contribution in [0, 0.1) is 0 Å². The first-order chi connectivity index (χ1) is 39.0. The van der Waals surface area contributed by atoms with E-state index in [1.807, 2.05) is 0 Å². The number of nitrogens with zero attached hydrogens (tertiary/aromatic N) is 1. The fraction of sp³-hybridized carbons (Fsp3) is 0.211. The maximum atomic E-state index is 8.41. The van der Waals surface area contributed by atoms with Crippen LogP contribution < -0.4 is 9.55 Å². The molecule has 1 N–H and O–H groups in total. The van der Waals surface area contributed by atoms with Crippen molar-refractivity contribution in [1.29, 1.82) is 0 Å². The Bertz CT molecular complexity index is 3430. The molecule has 3 nitrogen and oxygen atoms in total. The SMILES string of the molecule is CC(C)(C)c1cc(C(c2ccccc2)c2ccccc2)c(N[Si](C)(C)O[Si](C)(C)N2c3c(C(c4ccccc4)c4ccccc4)cc(C(C)(C)C)cc3C2(c2ccccc2)c2ccccc2)c(C(c2ccccc2)c2ccccc2)c1. The van der Waals surface area contributed by atoms with Gasteiger partial charge in [-0.2, -0.15) is 0 Å². The standard InChI is InChI=1S/C76H78N2OSi2/c1-74(2,3)63-51-65(69(55-35-19-11-20-36-55)56-37-21-12-22-38-56)72(66(52-63)70(57-39-23-13-24-40-57)58-41-25-14-26-42-58)77-80(7,8)79-81(9,10)78-73-67(71(59-43-27-15-28-44-59)60-45-29-16-30-46-60)53-64(75(4,5)6)54-68(73)76(78,61-47-31-17-32-48-61)62-49-33-18-34-50-62/h11-54,69-71,77H,1-10H3. The second-order valence-corrected chi connectivity index (χ2v) is 32.6. The molecule has 0 saturated carbocycles. The third-order valence-corrected chi connectivity index (χ3v) is 23.1. The van der Waals surface area contributed by atoms with Crippen molar-refractivity contribution in [3.8, 4) is 0 Å². The first-order valence-corrected chi connectivity index (χ1v) is 34.8. The fourth-order valence-corrected chi connectivity index (χ4v) is 21.5. The van der Waals surface area contributed by atoms with E-state index in [2.05, 4.69) is 344 Å². The lowest BCUT2D eigenvalue weighted by Crippen LogP contribution is -2.71. The molecule has 0 fully saturated rings. The van der Waals surface area contributed by atoms with Crippen molar-refractivity contribution in [3.05, 3.63) is 345 Å². The maximum absolute atomic E-state index is 8.41. The van der Waals surface area contributed by atoms with E-state index in [0.29, 0.717) is 0 Å². The van der Waals surface area contributed by atoms with Gasteiger partial charge in [-0.15, -0.1) is 0 Å². The normalized spacial score (nSPS) is 13.5. The molecule has 0 saturated heterocycles. The number of hydrogen-bond donors (Lipinski definition) is 1. The van der Waals surface area contributed by atoms with Crippen LogP contribution >= 0.6 is 0 Å². The molecule has 10 aromatic carbocycles. The van der Waals surface area contributed by atoms with Crippen molar-refractivity contribution in [2.24, 2.45) is 0 Å². The van der Waals surface area contributed by atoms with Gasteiger partial charge in [-0.1, -0.05) is 308 Å². The van der Waals surface area contributed by atoms with Gasteiger partial charge < -0.3 is 13.7 Å². The fourth-order valence-electron chi connectivity index (χ4n) is 13.1. The quantitative estimate of drug-likeness (QED) is 0.0771. The van der Waals surface area contributed by atoms with Gasteiger partial charge in [-0.25, -0.2) is 0 Å². The largest absolute Gasteiger partial charge is 0.424 e. The van der Waals surface area contributed by atoms with Crippen LogP contribution in [0.1, 0.15) is 137 Å². The summed E-state index contributed by atoms with van der Waals surface area (Å²) >= 11 is 0. The van der Waals surface area contributed by atoms with Crippen LogP contribution in [-0.2, 0) is 20.5 Å². The topological polar surface area (TPSA) is 24.5 Å². The maximum Gasteiger partial charge on any atom is 0.286 e. The third-order valence-electron chi connectivity index (χ3n) is 16.6. The highest BCUT2D eigenvalue weighted by atomic mass is 28.4. The number of nitrogens with one attached hydrogen (secondary N) is 1. The van der Waals surface area contributed by atoms with E-state index in [4.69, 9.17) is 4.12 Å². The van der Waals surface area contributed by atoms with Gasteiger partial charge in [0.25, 0.3) is 17.0 Å². The lowest BCUT2D eigenvalue weighted by Gasteiger charge is -2.63. The van der Waals surface area contributed by atoms with Gasteiger partial charge >= 0.3 is 0 Å². The molecule has 11 rings (SSSR count). The number of rotatable bonds is 16. The Hall–Kier alpha value is -7.81. The summed E-state index contributed by atoms with van der Waals surface area (Å²) in [4.78, 5) is 4.51. The summed E-state index contributed by atoms with van der Waals surface area (Å²) in [5, 5.41) is 0. The zero-order chi connectivity index (χ0) is 56.6. The average Bonchev–Trinajstić information content (AvgIpc) is 1.02. The molecule has 81 heavy (non-hydrogen) atoms. The monoisotopic (exact) mass is 1090 g/mol. The highest BCUT2D eigenvalue weighted by Crippen LogP contribution is 2.62. The highest BCUT2D eigenvalue weighted by Gasteiger charge is 2.61. The minimum absolute atomic E-state index is 0.0454. The first kappa shape index (κ1) is 55.1. The first-order valence-electron chi connectivity index (χ1n) is 29.0. The zero-order valence-electron chi connectivity index (χ0n) is 49.0. The highest BCUT2D eigenvalue weighted by molar-refractivity contribution is 6.88. The Kier molecular flexibility index (Phi) is 15.2. The van der Waals surface area contributed by atoms with Gasteiger partial charge in [-0.3, -0.25) is 0 Å². The van der Waals surface area contributed by atoms with E-state index in [-0.39, 0.29) is 28.6 Å². The predicted molar refractivity (Wildman–Crippen MR) is 347 cm³/mol. The Morgan fingerprint density at radius 1 is 0.370 bits per heavy atom. The van der Waals surface area contributed by atoms with Crippen molar-refractivity contribution < 1.29 is 4.12 Å². The Morgan fingerprint density at radius 3 is 0.951 bits per heavy atom.